The van der Waals surface area contributed by atoms with Gasteiger partial charge in [0, 0.05) is 17.3 Å². The van der Waals surface area contributed by atoms with Gasteiger partial charge in [0.05, 0.1) is 6.04 Å². The molecular formula is C15H21NOS. The fraction of sp³-hybridized carbons (Fsp3) is 0.667. The maximum Gasteiger partial charge on any atom is 0.226 e. The Bertz CT molecular complexity index is 433. The highest BCUT2D eigenvalue weighted by molar-refractivity contribution is 7.10. The van der Waals surface area contributed by atoms with Gasteiger partial charge in [-0.1, -0.05) is 19.8 Å². The van der Waals surface area contributed by atoms with E-state index in [1.807, 2.05) is 11.3 Å². The molecule has 1 fully saturated rings. The fourth-order valence-electron chi connectivity index (χ4n) is 3.51. The van der Waals surface area contributed by atoms with Crippen LogP contribution >= 0.6 is 11.3 Å². The summed E-state index contributed by atoms with van der Waals surface area (Å²) >= 11 is 1.85. The number of nitrogens with zero attached hydrogens (tertiary/aromatic N) is 1. The molecule has 0 bridgehead atoms. The Balaban J connectivity index is 1.82. The Morgan fingerprint density at radius 1 is 1.44 bits per heavy atom. The van der Waals surface area contributed by atoms with Crippen molar-refractivity contribution in [3.05, 3.63) is 21.9 Å². The summed E-state index contributed by atoms with van der Waals surface area (Å²) in [5.41, 5.74) is 1.42. The highest BCUT2D eigenvalue weighted by Gasteiger charge is 2.34. The molecule has 1 unspecified atom stereocenters. The first-order valence-corrected chi connectivity index (χ1v) is 8.06. The maximum atomic E-state index is 12.6. The first-order chi connectivity index (χ1) is 8.81. The summed E-state index contributed by atoms with van der Waals surface area (Å²) in [7, 11) is 0. The van der Waals surface area contributed by atoms with Crippen molar-refractivity contribution in [1.29, 1.82) is 0 Å². The highest BCUT2D eigenvalue weighted by atomic mass is 32.1. The average Bonchev–Trinajstić information content (AvgIpc) is 3.06. The van der Waals surface area contributed by atoms with Crippen molar-refractivity contribution >= 4 is 17.2 Å². The minimum absolute atomic E-state index is 0.319. The van der Waals surface area contributed by atoms with Gasteiger partial charge in [-0.2, -0.15) is 0 Å². The molecule has 0 N–H and O–H groups in total. The van der Waals surface area contributed by atoms with E-state index in [9.17, 15) is 4.79 Å². The van der Waals surface area contributed by atoms with Crippen molar-refractivity contribution in [2.75, 3.05) is 6.54 Å². The number of rotatable bonds is 2. The molecule has 0 spiro atoms. The van der Waals surface area contributed by atoms with Crippen LogP contribution in [0.5, 0.6) is 0 Å². The summed E-state index contributed by atoms with van der Waals surface area (Å²) in [5, 5.41) is 2.18. The van der Waals surface area contributed by atoms with Gasteiger partial charge in [-0.05, 0) is 42.7 Å². The van der Waals surface area contributed by atoms with E-state index in [4.69, 9.17) is 0 Å². The third-order valence-electron chi connectivity index (χ3n) is 4.47. The minimum Gasteiger partial charge on any atom is -0.335 e. The molecule has 1 aromatic heterocycles. The van der Waals surface area contributed by atoms with Crippen LogP contribution in [0.15, 0.2) is 11.4 Å². The van der Waals surface area contributed by atoms with E-state index in [1.54, 1.807) is 0 Å². The van der Waals surface area contributed by atoms with Crippen molar-refractivity contribution in [2.24, 2.45) is 5.92 Å². The van der Waals surface area contributed by atoms with E-state index in [-0.39, 0.29) is 0 Å². The number of hydrogen-bond donors (Lipinski definition) is 0. The Morgan fingerprint density at radius 3 is 2.94 bits per heavy atom. The molecule has 2 aliphatic rings. The van der Waals surface area contributed by atoms with E-state index in [2.05, 4.69) is 23.3 Å². The van der Waals surface area contributed by atoms with Crippen LogP contribution in [0.25, 0.3) is 0 Å². The quantitative estimate of drug-likeness (QED) is 0.795. The summed E-state index contributed by atoms with van der Waals surface area (Å²) in [6.45, 7) is 3.13. The second-order valence-electron chi connectivity index (χ2n) is 5.49. The lowest BCUT2D eigenvalue weighted by Crippen LogP contribution is -2.42. The van der Waals surface area contributed by atoms with Crippen LogP contribution in [0.2, 0.25) is 0 Å². The van der Waals surface area contributed by atoms with Crippen molar-refractivity contribution in [1.82, 2.24) is 4.90 Å². The molecule has 1 aromatic rings. The SMILES string of the molecule is CCC1c2ccsc2CCN1C(=O)C1CCCC1. The van der Waals surface area contributed by atoms with Crippen molar-refractivity contribution in [3.63, 3.8) is 0 Å². The first-order valence-electron chi connectivity index (χ1n) is 7.18. The van der Waals surface area contributed by atoms with Gasteiger partial charge >= 0.3 is 0 Å². The Labute approximate surface area is 113 Å². The molecule has 18 heavy (non-hydrogen) atoms. The molecule has 2 nitrogen and oxygen atoms in total. The van der Waals surface area contributed by atoms with Crippen molar-refractivity contribution < 1.29 is 4.79 Å². The second-order valence-corrected chi connectivity index (χ2v) is 6.49. The molecule has 0 radical (unpaired) electrons. The van der Waals surface area contributed by atoms with E-state index < -0.39 is 0 Å². The predicted molar refractivity (Wildman–Crippen MR) is 74.7 cm³/mol. The summed E-state index contributed by atoms with van der Waals surface area (Å²) < 4.78 is 0. The minimum atomic E-state index is 0.319. The Morgan fingerprint density at radius 2 is 2.22 bits per heavy atom. The van der Waals surface area contributed by atoms with E-state index in [0.29, 0.717) is 17.9 Å². The largest absolute Gasteiger partial charge is 0.335 e. The molecule has 1 aliphatic heterocycles. The van der Waals surface area contributed by atoms with Gasteiger partial charge in [0.25, 0.3) is 0 Å². The van der Waals surface area contributed by atoms with Gasteiger partial charge in [-0.25, -0.2) is 0 Å². The summed E-state index contributed by atoms with van der Waals surface area (Å²) in [5.74, 6) is 0.746. The standard InChI is InChI=1S/C15H21NOS/c1-2-13-12-8-10-18-14(12)7-9-16(13)15(17)11-5-3-4-6-11/h8,10-11,13H,2-7,9H2,1H3. The zero-order valence-electron chi connectivity index (χ0n) is 11.0. The van der Waals surface area contributed by atoms with Crippen molar-refractivity contribution in [2.45, 2.75) is 51.5 Å². The number of hydrogen-bond acceptors (Lipinski definition) is 2. The normalized spacial score (nSPS) is 24.3. The molecule has 1 saturated carbocycles. The molecule has 1 atom stereocenters. The Kier molecular flexibility index (Phi) is 3.42. The summed E-state index contributed by atoms with van der Waals surface area (Å²) in [6.07, 6.45) is 6.81. The van der Waals surface area contributed by atoms with Gasteiger partial charge in [-0.3, -0.25) is 4.79 Å². The van der Waals surface area contributed by atoms with Crippen LogP contribution in [0.1, 0.15) is 55.5 Å². The lowest BCUT2D eigenvalue weighted by molar-refractivity contribution is -0.138. The molecule has 2 heterocycles. The monoisotopic (exact) mass is 263 g/mol. The van der Waals surface area contributed by atoms with Crippen LogP contribution < -0.4 is 0 Å². The number of fused-ring (bicyclic) bond motifs is 1. The Hall–Kier alpha value is -0.830. The zero-order chi connectivity index (χ0) is 12.5. The zero-order valence-corrected chi connectivity index (χ0v) is 11.8. The lowest BCUT2D eigenvalue weighted by atomic mass is 9.95. The number of carbonyl (C=O) groups is 1. The van der Waals surface area contributed by atoms with Gasteiger partial charge < -0.3 is 4.90 Å². The smallest absolute Gasteiger partial charge is 0.226 e. The second kappa shape index (κ2) is 5.04. The molecule has 1 amide bonds. The molecule has 98 valence electrons. The average molecular weight is 263 g/mol. The van der Waals surface area contributed by atoms with Crippen molar-refractivity contribution in [3.8, 4) is 0 Å². The van der Waals surface area contributed by atoms with Crippen LogP contribution in [0, 0.1) is 5.92 Å². The predicted octanol–water partition coefficient (Wildman–Crippen LogP) is 3.77. The van der Waals surface area contributed by atoms with E-state index in [1.165, 1.54) is 23.3 Å². The van der Waals surface area contributed by atoms with Crippen LogP contribution in [0.4, 0.5) is 0 Å². The third-order valence-corrected chi connectivity index (χ3v) is 5.47. The summed E-state index contributed by atoms with van der Waals surface area (Å²) in [4.78, 5) is 16.3. The summed E-state index contributed by atoms with van der Waals surface area (Å²) in [6, 6.07) is 2.57. The van der Waals surface area contributed by atoms with Crippen LogP contribution in [-0.2, 0) is 11.2 Å². The third kappa shape index (κ3) is 1.99. The fourth-order valence-corrected chi connectivity index (χ4v) is 4.44. The number of amides is 1. The highest BCUT2D eigenvalue weighted by Crippen LogP contribution is 2.37. The molecular weight excluding hydrogens is 242 g/mol. The molecule has 3 rings (SSSR count). The number of thiophene rings is 1. The van der Waals surface area contributed by atoms with E-state index >= 15 is 0 Å². The van der Waals surface area contributed by atoms with Gasteiger partial charge in [0.1, 0.15) is 0 Å². The van der Waals surface area contributed by atoms with Gasteiger partial charge in [0.15, 0.2) is 0 Å². The first kappa shape index (κ1) is 12.2. The maximum absolute atomic E-state index is 12.6. The molecule has 0 saturated heterocycles. The van der Waals surface area contributed by atoms with Crippen LogP contribution in [0.3, 0.4) is 0 Å². The van der Waals surface area contributed by atoms with Gasteiger partial charge in [0.2, 0.25) is 5.91 Å². The lowest BCUT2D eigenvalue weighted by Gasteiger charge is -2.37. The van der Waals surface area contributed by atoms with Gasteiger partial charge in [-0.15, -0.1) is 11.3 Å². The number of carbonyl (C=O) groups excluding carboxylic acids is 1. The topological polar surface area (TPSA) is 20.3 Å². The van der Waals surface area contributed by atoms with Crippen LogP contribution in [-0.4, -0.2) is 17.4 Å². The molecule has 1 aliphatic carbocycles. The molecule has 0 aromatic carbocycles. The van der Waals surface area contributed by atoms with E-state index in [0.717, 1.165) is 32.2 Å². The molecule has 3 heteroatoms.